The Morgan fingerprint density at radius 3 is 2.47 bits per heavy atom. The predicted molar refractivity (Wildman–Crippen MR) is 54.3 cm³/mol. The Balaban J connectivity index is 3.97. The molecule has 0 aliphatic heterocycles. The van der Waals surface area contributed by atoms with Gasteiger partial charge in [0.1, 0.15) is 0 Å². The minimum Gasteiger partial charge on any atom is -0.479 e. The molecule has 0 spiro atoms. The number of urea groups is 1. The van der Waals surface area contributed by atoms with E-state index in [4.69, 9.17) is 5.11 Å². The second-order valence-corrected chi connectivity index (χ2v) is 3.38. The van der Waals surface area contributed by atoms with Gasteiger partial charge in [0.15, 0.2) is 6.61 Å². The lowest BCUT2D eigenvalue weighted by atomic mass is 10.3. The van der Waals surface area contributed by atoms with Crippen molar-refractivity contribution in [1.29, 1.82) is 0 Å². The van der Waals surface area contributed by atoms with Gasteiger partial charge in [0.2, 0.25) is 0 Å². The molecule has 0 radical (unpaired) electrons. The van der Waals surface area contributed by atoms with Gasteiger partial charge in [-0.3, -0.25) is 4.84 Å². The predicted octanol–water partition coefficient (Wildman–Crippen LogP) is 0.833. The third-order valence-electron chi connectivity index (χ3n) is 1.70. The van der Waals surface area contributed by atoms with Crippen molar-refractivity contribution in [3.8, 4) is 0 Å². The van der Waals surface area contributed by atoms with E-state index >= 15 is 0 Å². The lowest BCUT2D eigenvalue weighted by Crippen LogP contribution is -2.44. The molecule has 0 aliphatic carbocycles. The van der Waals surface area contributed by atoms with E-state index in [2.05, 4.69) is 10.3 Å². The molecular formula is C9H18N2O4. The van der Waals surface area contributed by atoms with Crippen LogP contribution in [0.2, 0.25) is 0 Å². The lowest BCUT2D eigenvalue weighted by Gasteiger charge is -2.25. The summed E-state index contributed by atoms with van der Waals surface area (Å²) in [6.45, 7) is 5.80. The number of nitrogens with zero attached hydrogens (tertiary/aromatic N) is 1. The highest BCUT2D eigenvalue weighted by molar-refractivity contribution is 5.74. The number of rotatable bonds is 6. The number of hydroxylamine groups is 1. The van der Waals surface area contributed by atoms with Crippen molar-refractivity contribution in [2.45, 2.75) is 33.2 Å². The van der Waals surface area contributed by atoms with Crippen LogP contribution in [0.25, 0.3) is 0 Å². The molecule has 0 bridgehead atoms. The number of carbonyl (C=O) groups excluding carboxylic acids is 1. The van der Waals surface area contributed by atoms with Crippen molar-refractivity contribution in [2.24, 2.45) is 0 Å². The summed E-state index contributed by atoms with van der Waals surface area (Å²) in [5, 5.41) is 8.29. The van der Waals surface area contributed by atoms with Gasteiger partial charge in [-0.2, -0.15) is 0 Å². The van der Waals surface area contributed by atoms with Gasteiger partial charge >= 0.3 is 12.0 Å². The molecule has 0 aliphatic rings. The molecule has 0 aromatic heterocycles. The Morgan fingerprint density at radius 1 is 1.47 bits per heavy atom. The summed E-state index contributed by atoms with van der Waals surface area (Å²) in [5.41, 5.74) is 2.09. The lowest BCUT2D eigenvalue weighted by molar-refractivity contribution is -0.144. The number of carbonyl (C=O) groups is 2. The fourth-order valence-electron chi connectivity index (χ4n) is 1.05. The number of nitrogens with one attached hydrogen (secondary N) is 1. The van der Waals surface area contributed by atoms with Gasteiger partial charge in [-0.1, -0.05) is 6.92 Å². The van der Waals surface area contributed by atoms with Crippen LogP contribution < -0.4 is 5.48 Å². The molecule has 6 nitrogen and oxygen atoms in total. The monoisotopic (exact) mass is 218 g/mol. The first kappa shape index (κ1) is 13.7. The van der Waals surface area contributed by atoms with Gasteiger partial charge < -0.3 is 10.0 Å². The maximum Gasteiger partial charge on any atom is 0.341 e. The number of hydrogen-bond acceptors (Lipinski definition) is 3. The quantitative estimate of drug-likeness (QED) is 0.647. The van der Waals surface area contributed by atoms with Crippen LogP contribution >= 0.6 is 0 Å². The van der Waals surface area contributed by atoms with E-state index in [0.29, 0.717) is 6.54 Å². The smallest absolute Gasteiger partial charge is 0.341 e. The minimum atomic E-state index is -1.12. The molecule has 0 saturated carbocycles. The van der Waals surface area contributed by atoms with E-state index in [-0.39, 0.29) is 6.04 Å². The fraction of sp³-hybridized carbons (Fsp3) is 0.778. The van der Waals surface area contributed by atoms with E-state index in [0.717, 1.165) is 6.42 Å². The van der Waals surface area contributed by atoms with Gasteiger partial charge in [-0.25, -0.2) is 15.1 Å². The van der Waals surface area contributed by atoms with Crippen LogP contribution in [-0.4, -0.2) is 41.2 Å². The molecule has 0 unspecified atom stereocenters. The highest BCUT2D eigenvalue weighted by atomic mass is 16.7. The topological polar surface area (TPSA) is 78.9 Å². The first-order valence-electron chi connectivity index (χ1n) is 4.89. The zero-order valence-corrected chi connectivity index (χ0v) is 9.32. The molecule has 15 heavy (non-hydrogen) atoms. The molecule has 0 rings (SSSR count). The van der Waals surface area contributed by atoms with Crippen LogP contribution in [0.15, 0.2) is 0 Å². The molecule has 2 N–H and O–H groups in total. The fourth-order valence-corrected chi connectivity index (χ4v) is 1.05. The minimum absolute atomic E-state index is 0.0541. The van der Waals surface area contributed by atoms with Gasteiger partial charge in [0.05, 0.1) is 0 Å². The first-order chi connectivity index (χ1) is 6.99. The van der Waals surface area contributed by atoms with Crippen molar-refractivity contribution < 1.29 is 19.5 Å². The summed E-state index contributed by atoms with van der Waals surface area (Å²) in [7, 11) is 0. The van der Waals surface area contributed by atoms with Gasteiger partial charge in [0, 0.05) is 12.6 Å². The highest BCUT2D eigenvalue weighted by Crippen LogP contribution is 1.99. The molecule has 2 amide bonds. The van der Waals surface area contributed by atoms with Gasteiger partial charge in [-0.05, 0) is 20.3 Å². The average molecular weight is 218 g/mol. The Bertz CT molecular complexity index is 218. The Kier molecular flexibility index (Phi) is 6.44. The third kappa shape index (κ3) is 5.90. The molecule has 0 aromatic carbocycles. The molecule has 0 aromatic rings. The van der Waals surface area contributed by atoms with Gasteiger partial charge in [-0.15, -0.1) is 0 Å². The first-order valence-corrected chi connectivity index (χ1v) is 4.89. The zero-order chi connectivity index (χ0) is 11.8. The van der Waals surface area contributed by atoms with E-state index in [1.54, 1.807) is 4.90 Å². The second-order valence-electron chi connectivity index (χ2n) is 3.38. The molecule has 0 fully saturated rings. The highest BCUT2D eigenvalue weighted by Gasteiger charge is 2.15. The van der Waals surface area contributed by atoms with Crippen molar-refractivity contribution >= 4 is 12.0 Å². The van der Waals surface area contributed by atoms with Crippen LogP contribution in [-0.2, 0) is 9.63 Å². The van der Waals surface area contributed by atoms with Crippen LogP contribution in [0.1, 0.15) is 27.2 Å². The molecule has 6 heteroatoms. The van der Waals surface area contributed by atoms with Crippen LogP contribution in [0.5, 0.6) is 0 Å². The van der Waals surface area contributed by atoms with Crippen LogP contribution in [0.4, 0.5) is 4.79 Å². The normalized spacial score (nSPS) is 10.1. The second kappa shape index (κ2) is 7.05. The number of aliphatic carboxylic acids is 1. The molecule has 88 valence electrons. The summed E-state index contributed by atoms with van der Waals surface area (Å²) in [6, 6.07) is -0.355. The largest absolute Gasteiger partial charge is 0.479 e. The third-order valence-corrected chi connectivity index (χ3v) is 1.70. The van der Waals surface area contributed by atoms with Crippen molar-refractivity contribution in [3.63, 3.8) is 0 Å². The van der Waals surface area contributed by atoms with Gasteiger partial charge in [0.25, 0.3) is 0 Å². The summed E-state index contributed by atoms with van der Waals surface area (Å²) in [4.78, 5) is 27.6. The molecule has 0 saturated heterocycles. The summed E-state index contributed by atoms with van der Waals surface area (Å²) in [6.07, 6.45) is 0.838. The van der Waals surface area contributed by atoms with Crippen molar-refractivity contribution in [3.05, 3.63) is 0 Å². The average Bonchev–Trinajstić information content (AvgIpc) is 2.12. The maximum absolute atomic E-state index is 11.5. The van der Waals surface area contributed by atoms with E-state index in [1.165, 1.54) is 0 Å². The number of amides is 2. The Morgan fingerprint density at radius 2 is 2.07 bits per heavy atom. The van der Waals surface area contributed by atoms with Crippen LogP contribution in [0.3, 0.4) is 0 Å². The standard InChI is InChI=1S/C9H18N2O4/c1-4-5-11(7(2)3)9(14)10-15-6-8(12)13/h7H,4-6H2,1-3H3,(H,10,14)(H,12,13). The molecule has 0 heterocycles. The number of hydrogen-bond donors (Lipinski definition) is 2. The van der Waals surface area contributed by atoms with E-state index < -0.39 is 18.6 Å². The molecular weight excluding hydrogens is 200 g/mol. The SMILES string of the molecule is CCCN(C(=O)NOCC(=O)O)C(C)C. The van der Waals surface area contributed by atoms with E-state index in [1.807, 2.05) is 20.8 Å². The zero-order valence-electron chi connectivity index (χ0n) is 9.32. The number of carboxylic acids is 1. The summed E-state index contributed by atoms with van der Waals surface area (Å²) < 4.78 is 0. The van der Waals surface area contributed by atoms with Crippen molar-refractivity contribution in [1.82, 2.24) is 10.4 Å². The molecule has 0 atom stereocenters. The van der Waals surface area contributed by atoms with E-state index in [9.17, 15) is 9.59 Å². The Hall–Kier alpha value is -1.30. The van der Waals surface area contributed by atoms with Crippen molar-refractivity contribution in [2.75, 3.05) is 13.2 Å². The summed E-state index contributed by atoms with van der Waals surface area (Å²) in [5.74, 6) is -1.12. The number of carboxylic acid groups (broad SMARTS) is 1. The maximum atomic E-state index is 11.5. The summed E-state index contributed by atoms with van der Waals surface area (Å²) >= 11 is 0. The van der Waals surface area contributed by atoms with Crippen LogP contribution in [0, 0.1) is 0 Å². The Labute approximate surface area is 89.2 Å².